The average molecular weight is 221 g/mol. The van der Waals surface area contributed by atoms with Crippen LogP contribution in [0.3, 0.4) is 0 Å². The molecule has 0 saturated carbocycles. The summed E-state index contributed by atoms with van der Waals surface area (Å²) in [6, 6.07) is 0. The molecule has 0 radical (unpaired) electrons. The van der Waals surface area contributed by atoms with Gasteiger partial charge in [0.15, 0.2) is 0 Å². The van der Waals surface area contributed by atoms with Crippen LogP contribution in [0.15, 0.2) is 0 Å². The standard InChI is InChI=1S/C8H15NO6/c1-2-14-3-4-15-5-8(9,6(10)11)7(12)13/h2-5,9H2,1H3,(H,10,11)(H,12,13). The van der Waals surface area contributed by atoms with Crippen molar-refractivity contribution < 1.29 is 29.3 Å². The number of hydrogen-bond donors (Lipinski definition) is 3. The minimum atomic E-state index is -2.40. The van der Waals surface area contributed by atoms with Gasteiger partial charge in [0.05, 0.1) is 19.8 Å². The number of ether oxygens (including phenoxy) is 2. The third-order valence-electron chi connectivity index (χ3n) is 1.67. The maximum Gasteiger partial charge on any atom is 0.337 e. The van der Waals surface area contributed by atoms with Gasteiger partial charge >= 0.3 is 11.9 Å². The van der Waals surface area contributed by atoms with E-state index in [9.17, 15) is 9.59 Å². The average Bonchev–Trinajstić information content (AvgIpc) is 2.16. The molecule has 0 saturated heterocycles. The lowest BCUT2D eigenvalue weighted by Crippen LogP contribution is -2.58. The fourth-order valence-corrected chi connectivity index (χ4v) is 0.710. The predicted molar refractivity (Wildman–Crippen MR) is 49.5 cm³/mol. The zero-order valence-electron chi connectivity index (χ0n) is 8.43. The van der Waals surface area contributed by atoms with Gasteiger partial charge < -0.3 is 25.4 Å². The highest BCUT2D eigenvalue weighted by Crippen LogP contribution is 2.02. The van der Waals surface area contributed by atoms with Gasteiger partial charge in [-0.1, -0.05) is 0 Å². The van der Waals surface area contributed by atoms with Crippen LogP contribution in [0.1, 0.15) is 6.92 Å². The molecule has 4 N–H and O–H groups in total. The monoisotopic (exact) mass is 221 g/mol. The summed E-state index contributed by atoms with van der Waals surface area (Å²) >= 11 is 0. The van der Waals surface area contributed by atoms with E-state index in [4.69, 9.17) is 25.4 Å². The molecule has 0 aromatic carbocycles. The first-order valence-electron chi connectivity index (χ1n) is 4.36. The van der Waals surface area contributed by atoms with Gasteiger partial charge in [0.2, 0.25) is 5.54 Å². The van der Waals surface area contributed by atoms with Crippen LogP contribution in [-0.4, -0.2) is 54.1 Å². The number of carboxylic acids is 2. The second kappa shape index (κ2) is 6.33. The number of nitrogens with two attached hydrogens (primary N) is 1. The van der Waals surface area contributed by atoms with Crippen molar-refractivity contribution in [3.8, 4) is 0 Å². The molecule has 15 heavy (non-hydrogen) atoms. The van der Waals surface area contributed by atoms with Crippen LogP contribution in [0.4, 0.5) is 0 Å². The van der Waals surface area contributed by atoms with Crippen LogP contribution in [-0.2, 0) is 19.1 Å². The van der Waals surface area contributed by atoms with E-state index in [1.165, 1.54) is 0 Å². The maximum atomic E-state index is 10.6. The molecule has 0 amide bonds. The molecule has 0 atom stereocenters. The Morgan fingerprint density at radius 2 is 1.67 bits per heavy atom. The third kappa shape index (κ3) is 4.24. The van der Waals surface area contributed by atoms with Gasteiger partial charge in [-0.2, -0.15) is 0 Å². The zero-order chi connectivity index (χ0) is 11.9. The SMILES string of the molecule is CCOCCOCC(N)(C(=O)O)C(=O)O. The summed E-state index contributed by atoms with van der Waals surface area (Å²) in [5.41, 5.74) is 2.74. The summed E-state index contributed by atoms with van der Waals surface area (Å²) in [7, 11) is 0. The normalized spacial score (nSPS) is 11.3. The molecular formula is C8H15NO6. The van der Waals surface area contributed by atoms with E-state index >= 15 is 0 Å². The first-order valence-corrected chi connectivity index (χ1v) is 4.36. The summed E-state index contributed by atoms with van der Waals surface area (Å²) < 4.78 is 9.72. The number of rotatable bonds is 8. The second-order valence-electron chi connectivity index (χ2n) is 2.83. The van der Waals surface area contributed by atoms with Crippen LogP contribution in [0.25, 0.3) is 0 Å². The molecule has 0 heterocycles. The molecule has 0 aromatic rings. The summed E-state index contributed by atoms with van der Waals surface area (Å²) in [4.78, 5) is 21.1. The smallest absolute Gasteiger partial charge is 0.337 e. The maximum absolute atomic E-state index is 10.6. The highest BCUT2D eigenvalue weighted by atomic mass is 16.5. The summed E-state index contributed by atoms with van der Waals surface area (Å²) in [5, 5.41) is 17.2. The molecule has 88 valence electrons. The molecule has 0 unspecified atom stereocenters. The van der Waals surface area contributed by atoms with E-state index in [0.717, 1.165) is 0 Å². The molecule has 0 aromatic heterocycles. The fraction of sp³-hybridized carbons (Fsp3) is 0.750. The third-order valence-corrected chi connectivity index (χ3v) is 1.67. The van der Waals surface area contributed by atoms with Crippen molar-refractivity contribution >= 4 is 11.9 Å². The van der Waals surface area contributed by atoms with Crippen molar-refractivity contribution in [2.24, 2.45) is 5.73 Å². The highest BCUT2D eigenvalue weighted by Gasteiger charge is 2.43. The van der Waals surface area contributed by atoms with Crippen LogP contribution in [0.2, 0.25) is 0 Å². The number of carbonyl (C=O) groups is 2. The molecule has 0 aliphatic carbocycles. The number of aliphatic carboxylic acids is 2. The lowest BCUT2D eigenvalue weighted by Gasteiger charge is -2.19. The Morgan fingerprint density at radius 3 is 2.07 bits per heavy atom. The summed E-state index contributed by atoms with van der Waals surface area (Å²) in [6.45, 7) is 2.08. The predicted octanol–water partition coefficient (Wildman–Crippen LogP) is -1.09. The van der Waals surface area contributed by atoms with E-state index in [-0.39, 0.29) is 13.2 Å². The highest BCUT2D eigenvalue weighted by molar-refractivity contribution is 6.03. The van der Waals surface area contributed by atoms with Crippen LogP contribution in [0, 0.1) is 0 Å². The molecule has 0 bridgehead atoms. The van der Waals surface area contributed by atoms with Crippen molar-refractivity contribution in [2.45, 2.75) is 12.5 Å². The lowest BCUT2D eigenvalue weighted by atomic mass is 10.0. The van der Waals surface area contributed by atoms with E-state index in [1.54, 1.807) is 6.92 Å². The Hall–Kier alpha value is -1.18. The topological polar surface area (TPSA) is 119 Å². The van der Waals surface area contributed by atoms with Gasteiger partial charge in [0, 0.05) is 6.61 Å². The first-order chi connectivity index (χ1) is 6.95. The van der Waals surface area contributed by atoms with Crippen molar-refractivity contribution in [1.82, 2.24) is 0 Å². The Kier molecular flexibility index (Phi) is 5.83. The lowest BCUT2D eigenvalue weighted by molar-refractivity contribution is -0.160. The molecular weight excluding hydrogens is 206 g/mol. The van der Waals surface area contributed by atoms with Crippen molar-refractivity contribution in [1.29, 1.82) is 0 Å². The Labute approximate surface area is 86.8 Å². The van der Waals surface area contributed by atoms with Gasteiger partial charge in [-0.05, 0) is 6.92 Å². The van der Waals surface area contributed by atoms with Crippen molar-refractivity contribution in [3.63, 3.8) is 0 Å². The molecule has 7 nitrogen and oxygen atoms in total. The van der Waals surface area contributed by atoms with E-state index in [2.05, 4.69) is 0 Å². The van der Waals surface area contributed by atoms with Gasteiger partial charge in [-0.15, -0.1) is 0 Å². The fourth-order valence-electron chi connectivity index (χ4n) is 0.710. The quantitative estimate of drug-likeness (QED) is 0.351. The minimum absolute atomic E-state index is 0.105. The van der Waals surface area contributed by atoms with Crippen molar-refractivity contribution in [3.05, 3.63) is 0 Å². The molecule has 7 heteroatoms. The van der Waals surface area contributed by atoms with Gasteiger partial charge in [0.1, 0.15) is 0 Å². The molecule has 0 fully saturated rings. The largest absolute Gasteiger partial charge is 0.479 e. The van der Waals surface area contributed by atoms with Crippen LogP contribution < -0.4 is 5.73 Å². The molecule has 0 rings (SSSR count). The minimum Gasteiger partial charge on any atom is -0.479 e. The van der Waals surface area contributed by atoms with E-state index < -0.39 is 24.1 Å². The molecule has 0 spiro atoms. The Morgan fingerprint density at radius 1 is 1.20 bits per heavy atom. The van der Waals surface area contributed by atoms with E-state index in [1.807, 2.05) is 0 Å². The first kappa shape index (κ1) is 13.8. The number of carboxylic acid groups (broad SMARTS) is 2. The molecule has 0 aliphatic rings. The van der Waals surface area contributed by atoms with Gasteiger partial charge in [-0.3, -0.25) is 0 Å². The van der Waals surface area contributed by atoms with Gasteiger partial charge in [-0.25, -0.2) is 9.59 Å². The zero-order valence-corrected chi connectivity index (χ0v) is 8.43. The second-order valence-corrected chi connectivity index (χ2v) is 2.83. The molecule has 0 aliphatic heterocycles. The summed E-state index contributed by atoms with van der Waals surface area (Å²) in [6.07, 6.45) is 0. The van der Waals surface area contributed by atoms with Crippen LogP contribution in [0.5, 0.6) is 0 Å². The Balaban J connectivity index is 3.99. The van der Waals surface area contributed by atoms with Gasteiger partial charge in [0.25, 0.3) is 0 Å². The number of hydrogen-bond acceptors (Lipinski definition) is 5. The van der Waals surface area contributed by atoms with Crippen molar-refractivity contribution in [2.75, 3.05) is 26.4 Å². The summed E-state index contributed by atoms with van der Waals surface area (Å²) in [5.74, 6) is -3.27. The van der Waals surface area contributed by atoms with E-state index in [0.29, 0.717) is 6.61 Å². The van der Waals surface area contributed by atoms with Crippen LogP contribution >= 0.6 is 0 Å². The Bertz CT molecular complexity index is 215.